The summed E-state index contributed by atoms with van der Waals surface area (Å²) >= 11 is 1.83. The monoisotopic (exact) mass is 716 g/mol. The highest BCUT2D eigenvalue weighted by Gasteiger charge is 2.16. The number of thiophene rings is 1. The van der Waals surface area contributed by atoms with Gasteiger partial charge in [0.1, 0.15) is 0 Å². The fraction of sp³-hybridized carbons (Fsp3) is 0. The van der Waals surface area contributed by atoms with Gasteiger partial charge in [0.15, 0.2) is 5.82 Å². The van der Waals surface area contributed by atoms with E-state index in [0.29, 0.717) is 5.82 Å². The van der Waals surface area contributed by atoms with Gasteiger partial charge in [-0.1, -0.05) is 170 Å². The van der Waals surface area contributed by atoms with Crippen molar-refractivity contribution in [1.29, 1.82) is 0 Å². The van der Waals surface area contributed by atoms with Gasteiger partial charge >= 0.3 is 0 Å². The molecule has 0 aliphatic heterocycles. The van der Waals surface area contributed by atoms with Crippen LogP contribution in [0.1, 0.15) is 0 Å². The molecule has 0 N–H and O–H groups in total. The van der Waals surface area contributed by atoms with Crippen LogP contribution in [-0.4, -0.2) is 9.97 Å². The van der Waals surface area contributed by atoms with Gasteiger partial charge in [-0.2, -0.15) is 0 Å². The Labute approximate surface area is 322 Å². The zero-order valence-corrected chi connectivity index (χ0v) is 30.6. The van der Waals surface area contributed by atoms with E-state index in [1.54, 1.807) is 0 Å². The van der Waals surface area contributed by atoms with Crippen molar-refractivity contribution in [3.8, 4) is 56.2 Å². The fourth-order valence-corrected chi connectivity index (χ4v) is 9.28. The Morgan fingerprint density at radius 3 is 1.67 bits per heavy atom. The maximum Gasteiger partial charge on any atom is 0.160 e. The standard InChI is InChI=1S/C52H32N2S/c1-2-10-33(11-3-1)34-18-20-36(21-19-34)47-32-48(40-27-28-44-43-16-8-9-17-49(43)55-50(44)31-40)54-52(53-47)38-24-22-37(23-25-38)51-42-15-7-5-13-39(42)30-46-41-14-6-4-12-35(41)26-29-45(46)51/h1-32H. The molecule has 0 saturated heterocycles. The van der Waals surface area contributed by atoms with E-state index in [4.69, 9.17) is 9.97 Å². The third-order valence-electron chi connectivity index (χ3n) is 10.9. The number of fused-ring (bicyclic) bond motifs is 7. The third kappa shape index (κ3) is 5.48. The van der Waals surface area contributed by atoms with E-state index in [-0.39, 0.29) is 0 Å². The summed E-state index contributed by atoms with van der Waals surface area (Å²) in [5.74, 6) is 0.705. The van der Waals surface area contributed by atoms with Crippen molar-refractivity contribution in [1.82, 2.24) is 9.97 Å². The Bertz CT molecular complexity index is 3230. The number of aromatic nitrogens is 2. The molecular weight excluding hydrogens is 685 g/mol. The molecule has 11 aromatic rings. The molecule has 3 heteroatoms. The highest BCUT2D eigenvalue weighted by atomic mass is 32.1. The van der Waals surface area contributed by atoms with Gasteiger partial charge in [0, 0.05) is 36.9 Å². The predicted molar refractivity (Wildman–Crippen MR) is 235 cm³/mol. The second-order valence-corrected chi connectivity index (χ2v) is 15.2. The molecule has 2 heterocycles. The molecule has 0 unspecified atom stereocenters. The molecule has 2 nitrogen and oxygen atoms in total. The molecule has 0 fully saturated rings. The maximum absolute atomic E-state index is 5.26. The summed E-state index contributed by atoms with van der Waals surface area (Å²) < 4.78 is 2.55. The van der Waals surface area contributed by atoms with Gasteiger partial charge in [-0.3, -0.25) is 0 Å². The minimum Gasteiger partial charge on any atom is -0.228 e. The largest absolute Gasteiger partial charge is 0.228 e. The second-order valence-electron chi connectivity index (χ2n) is 14.1. The molecule has 0 radical (unpaired) electrons. The first kappa shape index (κ1) is 31.6. The Morgan fingerprint density at radius 2 is 0.855 bits per heavy atom. The lowest BCUT2D eigenvalue weighted by molar-refractivity contribution is 1.18. The van der Waals surface area contributed by atoms with Crippen LogP contribution in [-0.2, 0) is 0 Å². The van der Waals surface area contributed by atoms with E-state index in [1.807, 2.05) is 11.3 Å². The molecule has 0 amide bonds. The molecule has 2 aromatic heterocycles. The first-order valence-electron chi connectivity index (χ1n) is 18.6. The van der Waals surface area contributed by atoms with Crippen molar-refractivity contribution >= 4 is 63.8 Å². The number of rotatable bonds is 5. The van der Waals surface area contributed by atoms with Crippen LogP contribution in [0.5, 0.6) is 0 Å². The maximum atomic E-state index is 5.26. The molecule has 0 atom stereocenters. The lowest BCUT2D eigenvalue weighted by Crippen LogP contribution is -1.96. The van der Waals surface area contributed by atoms with E-state index < -0.39 is 0 Å². The van der Waals surface area contributed by atoms with Gasteiger partial charge in [0.25, 0.3) is 0 Å². The number of benzene rings is 9. The summed E-state index contributed by atoms with van der Waals surface area (Å²) in [4.78, 5) is 10.5. The molecule has 55 heavy (non-hydrogen) atoms. The molecule has 11 rings (SSSR count). The summed E-state index contributed by atoms with van der Waals surface area (Å²) in [5.41, 5.74) is 9.70. The summed E-state index contributed by atoms with van der Waals surface area (Å²) in [6.07, 6.45) is 0. The van der Waals surface area contributed by atoms with Crippen LogP contribution in [0.15, 0.2) is 194 Å². The third-order valence-corrected chi connectivity index (χ3v) is 12.0. The van der Waals surface area contributed by atoms with Gasteiger partial charge in [0.05, 0.1) is 11.4 Å². The normalized spacial score (nSPS) is 11.6. The SMILES string of the molecule is c1ccc(-c2ccc(-c3cc(-c4ccc5c(c4)sc4ccccc45)nc(-c4ccc(-c5c6ccccc6cc6c5ccc5ccccc56)cc4)n3)cc2)cc1. The van der Waals surface area contributed by atoms with Crippen molar-refractivity contribution in [3.63, 3.8) is 0 Å². The molecule has 0 saturated carbocycles. The van der Waals surface area contributed by atoms with Crippen LogP contribution < -0.4 is 0 Å². The highest BCUT2D eigenvalue weighted by Crippen LogP contribution is 2.41. The highest BCUT2D eigenvalue weighted by molar-refractivity contribution is 7.25. The molecule has 0 spiro atoms. The zero-order valence-electron chi connectivity index (χ0n) is 29.8. The molecule has 9 aromatic carbocycles. The average molecular weight is 717 g/mol. The Hall–Kier alpha value is -6.94. The number of nitrogens with zero attached hydrogens (tertiary/aromatic N) is 2. The first-order chi connectivity index (χ1) is 27.2. The van der Waals surface area contributed by atoms with Crippen LogP contribution in [0.2, 0.25) is 0 Å². The zero-order chi connectivity index (χ0) is 36.3. The Kier molecular flexibility index (Phi) is 7.39. The van der Waals surface area contributed by atoms with Gasteiger partial charge in [0.2, 0.25) is 0 Å². The summed E-state index contributed by atoms with van der Waals surface area (Å²) in [6.45, 7) is 0. The van der Waals surface area contributed by atoms with E-state index in [0.717, 1.165) is 28.1 Å². The lowest BCUT2D eigenvalue weighted by atomic mass is 9.89. The molecule has 0 bridgehead atoms. The second kappa shape index (κ2) is 12.9. The van der Waals surface area contributed by atoms with Crippen molar-refractivity contribution < 1.29 is 0 Å². The lowest BCUT2D eigenvalue weighted by Gasteiger charge is -2.15. The first-order valence-corrected chi connectivity index (χ1v) is 19.5. The quantitative estimate of drug-likeness (QED) is 0.131. The van der Waals surface area contributed by atoms with Crippen LogP contribution in [0, 0.1) is 0 Å². The van der Waals surface area contributed by atoms with E-state index in [1.165, 1.54) is 74.7 Å². The molecular formula is C52H32N2S. The van der Waals surface area contributed by atoms with Crippen LogP contribution in [0.4, 0.5) is 0 Å². The summed E-state index contributed by atoms with van der Waals surface area (Å²) in [6, 6.07) is 69.8. The summed E-state index contributed by atoms with van der Waals surface area (Å²) in [7, 11) is 0. The van der Waals surface area contributed by atoms with Crippen LogP contribution in [0.3, 0.4) is 0 Å². The van der Waals surface area contributed by atoms with Gasteiger partial charge in [-0.25, -0.2) is 9.97 Å². The van der Waals surface area contributed by atoms with Gasteiger partial charge < -0.3 is 0 Å². The minimum absolute atomic E-state index is 0.705. The minimum atomic E-state index is 0.705. The van der Waals surface area contributed by atoms with E-state index >= 15 is 0 Å². The van der Waals surface area contributed by atoms with Crippen LogP contribution >= 0.6 is 11.3 Å². The van der Waals surface area contributed by atoms with Gasteiger partial charge in [-0.15, -0.1) is 11.3 Å². The smallest absolute Gasteiger partial charge is 0.160 e. The van der Waals surface area contributed by atoms with E-state index in [9.17, 15) is 0 Å². The molecule has 0 aliphatic carbocycles. The topological polar surface area (TPSA) is 25.8 Å². The number of hydrogen-bond acceptors (Lipinski definition) is 3. The fourth-order valence-electron chi connectivity index (χ4n) is 8.14. The Morgan fingerprint density at radius 1 is 0.291 bits per heavy atom. The Balaban J connectivity index is 1.05. The van der Waals surface area contributed by atoms with Crippen molar-refractivity contribution in [2.75, 3.05) is 0 Å². The van der Waals surface area contributed by atoms with Crippen molar-refractivity contribution in [2.24, 2.45) is 0 Å². The van der Waals surface area contributed by atoms with Crippen molar-refractivity contribution in [2.45, 2.75) is 0 Å². The predicted octanol–water partition coefficient (Wildman–Crippen LogP) is 14.6. The number of hydrogen-bond donors (Lipinski definition) is 0. The van der Waals surface area contributed by atoms with Gasteiger partial charge in [-0.05, 0) is 78.8 Å². The van der Waals surface area contributed by atoms with Crippen LogP contribution in [0.25, 0.3) is 109 Å². The van der Waals surface area contributed by atoms with Crippen molar-refractivity contribution in [3.05, 3.63) is 194 Å². The average Bonchev–Trinajstić information content (AvgIpc) is 3.64. The molecule has 0 aliphatic rings. The van der Waals surface area contributed by atoms with E-state index in [2.05, 4.69) is 194 Å². The molecule has 256 valence electrons. The summed E-state index contributed by atoms with van der Waals surface area (Å²) in [5, 5.41) is 10.1.